The molecule has 4 aromatic rings. The van der Waals surface area contributed by atoms with Gasteiger partial charge in [0.05, 0.1) is 23.0 Å². The number of carbonyl (C=O) groups is 1. The van der Waals surface area contributed by atoms with Gasteiger partial charge in [-0.05, 0) is 31.2 Å². The fourth-order valence-corrected chi connectivity index (χ4v) is 2.61. The summed E-state index contributed by atoms with van der Waals surface area (Å²) in [7, 11) is 0. The number of nitrogens with zero attached hydrogens (tertiary/aromatic N) is 6. The minimum absolute atomic E-state index is 0.0467. The topological polar surface area (TPSA) is 124 Å². The molecule has 0 aromatic carbocycles. The Morgan fingerprint density at radius 1 is 1.13 bits per heavy atom. The maximum Gasteiger partial charge on any atom is 0.417 e. The van der Waals surface area contributed by atoms with Gasteiger partial charge in [0, 0.05) is 24.2 Å². The molecule has 2 N–H and O–H groups in total. The first-order valence-corrected chi connectivity index (χ1v) is 8.71. The monoisotopic (exact) mass is 430 g/mol. The molecule has 4 rings (SSSR count). The number of carbonyl (C=O) groups excluding carboxylic acids is 1. The Balaban J connectivity index is 1.44. The summed E-state index contributed by atoms with van der Waals surface area (Å²) in [6.07, 6.45) is 0.627. The summed E-state index contributed by atoms with van der Waals surface area (Å²) in [6, 6.07) is 5.40. The standard InChI is InChI=1S/C18H13F3N8O2/c1-10-13(9-24-29(10)14-3-2-12(8-23-14)18(19,20)21)16(30)26-27-17-25-15(28-31-17)11-4-6-22-7-5-11/h2-9H,1H3,(H,26,30)(H,25,27,28). The Morgan fingerprint density at radius 3 is 2.58 bits per heavy atom. The van der Waals surface area contributed by atoms with Crippen molar-refractivity contribution in [3.05, 3.63) is 65.9 Å². The second-order valence-corrected chi connectivity index (χ2v) is 6.20. The van der Waals surface area contributed by atoms with Crippen LogP contribution < -0.4 is 10.9 Å². The number of alkyl halides is 3. The lowest BCUT2D eigenvalue weighted by molar-refractivity contribution is -0.137. The zero-order valence-electron chi connectivity index (χ0n) is 15.8. The highest BCUT2D eigenvalue weighted by Gasteiger charge is 2.30. The SMILES string of the molecule is Cc1c(C(=O)NNc2nc(-c3ccncc3)no2)cnn1-c1ccc(C(F)(F)F)cn1. The molecule has 0 unspecified atom stereocenters. The van der Waals surface area contributed by atoms with Crippen LogP contribution in [-0.2, 0) is 6.18 Å². The van der Waals surface area contributed by atoms with Gasteiger partial charge in [-0.15, -0.1) is 0 Å². The summed E-state index contributed by atoms with van der Waals surface area (Å²) < 4.78 is 44.3. The highest BCUT2D eigenvalue weighted by atomic mass is 19.4. The van der Waals surface area contributed by atoms with Crippen LogP contribution in [0.4, 0.5) is 19.2 Å². The molecular formula is C18H13F3N8O2. The predicted octanol–water partition coefficient (Wildman–Crippen LogP) is 2.80. The van der Waals surface area contributed by atoms with Crippen molar-refractivity contribution in [3.8, 4) is 17.2 Å². The van der Waals surface area contributed by atoms with Crippen molar-refractivity contribution >= 4 is 11.9 Å². The van der Waals surface area contributed by atoms with Crippen LogP contribution in [0.5, 0.6) is 0 Å². The fourth-order valence-electron chi connectivity index (χ4n) is 2.61. The third-order valence-corrected chi connectivity index (χ3v) is 4.19. The molecule has 4 heterocycles. The van der Waals surface area contributed by atoms with E-state index in [0.29, 0.717) is 23.3 Å². The lowest BCUT2D eigenvalue weighted by Gasteiger charge is -2.08. The molecule has 0 spiro atoms. The molecule has 0 bridgehead atoms. The van der Waals surface area contributed by atoms with Crippen molar-refractivity contribution in [2.24, 2.45) is 0 Å². The highest BCUT2D eigenvalue weighted by molar-refractivity contribution is 5.95. The van der Waals surface area contributed by atoms with Gasteiger partial charge in [-0.25, -0.2) is 15.1 Å². The number of amides is 1. The Bertz CT molecular complexity index is 1200. The third kappa shape index (κ3) is 4.19. The molecule has 31 heavy (non-hydrogen) atoms. The van der Waals surface area contributed by atoms with Crippen LogP contribution >= 0.6 is 0 Å². The van der Waals surface area contributed by atoms with Crippen LogP contribution in [-0.4, -0.2) is 35.8 Å². The molecule has 10 nitrogen and oxygen atoms in total. The number of halogens is 3. The minimum Gasteiger partial charge on any atom is -0.313 e. The second-order valence-electron chi connectivity index (χ2n) is 6.20. The number of aromatic nitrogens is 6. The van der Waals surface area contributed by atoms with E-state index < -0.39 is 17.6 Å². The van der Waals surface area contributed by atoms with E-state index in [2.05, 4.69) is 36.1 Å². The van der Waals surface area contributed by atoms with Crippen LogP contribution in [0.3, 0.4) is 0 Å². The van der Waals surface area contributed by atoms with E-state index in [9.17, 15) is 18.0 Å². The minimum atomic E-state index is -4.49. The predicted molar refractivity (Wildman–Crippen MR) is 99.7 cm³/mol. The normalized spacial score (nSPS) is 11.4. The van der Waals surface area contributed by atoms with Gasteiger partial charge < -0.3 is 4.52 Å². The average Bonchev–Trinajstić information content (AvgIpc) is 3.39. The molecule has 1 amide bonds. The Morgan fingerprint density at radius 2 is 1.90 bits per heavy atom. The third-order valence-electron chi connectivity index (χ3n) is 4.19. The molecule has 0 saturated heterocycles. The van der Waals surface area contributed by atoms with Crippen LogP contribution in [0.1, 0.15) is 21.6 Å². The van der Waals surface area contributed by atoms with Crippen molar-refractivity contribution in [2.45, 2.75) is 13.1 Å². The summed E-state index contributed by atoms with van der Waals surface area (Å²) >= 11 is 0. The summed E-state index contributed by atoms with van der Waals surface area (Å²) in [5, 5.41) is 7.81. The number of hydrazine groups is 1. The maximum atomic E-state index is 12.7. The fraction of sp³-hybridized carbons (Fsp3) is 0.111. The Hall–Kier alpha value is -4.29. The van der Waals surface area contributed by atoms with Crippen molar-refractivity contribution in [1.29, 1.82) is 0 Å². The molecule has 0 fully saturated rings. The number of nitrogens with one attached hydrogen (secondary N) is 2. The van der Waals surface area contributed by atoms with Gasteiger partial charge in [-0.3, -0.25) is 15.2 Å². The maximum absolute atomic E-state index is 12.7. The van der Waals surface area contributed by atoms with Crippen molar-refractivity contribution in [1.82, 2.24) is 35.3 Å². The zero-order valence-corrected chi connectivity index (χ0v) is 15.8. The van der Waals surface area contributed by atoms with Gasteiger partial charge >= 0.3 is 12.2 Å². The number of pyridine rings is 2. The molecule has 0 saturated carbocycles. The second kappa shape index (κ2) is 7.85. The van der Waals surface area contributed by atoms with E-state index in [4.69, 9.17) is 4.52 Å². The van der Waals surface area contributed by atoms with Crippen molar-refractivity contribution in [3.63, 3.8) is 0 Å². The van der Waals surface area contributed by atoms with Crippen LogP contribution in [0, 0.1) is 6.92 Å². The van der Waals surface area contributed by atoms with Gasteiger partial charge in [0.25, 0.3) is 5.91 Å². The molecule has 4 aromatic heterocycles. The van der Waals surface area contributed by atoms with Gasteiger partial charge in [-0.2, -0.15) is 23.3 Å². The number of anilines is 1. The van der Waals surface area contributed by atoms with E-state index in [1.807, 2.05) is 0 Å². The molecule has 0 aliphatic rings. The van der Waals surface area contributed by atoms with Gasteiger partial charge in [0.15, 0.2) is 5.82 Å². The van der Waals surface area contributed by atoms with Crippen LogP contribution in [0.15, 0.2) is 53.6 Å². The number of hydrogen-bond acceptors (Lipinski definition) is 8. The summed E-state index contributed by atoms with van der Waals surface area (Å²) in [4.78, 5) is 24.2. The first-order valence-electron chi connectivity index (χ1n) is 8.71. The van der Waals surface area contributed by atoms with Crippen molar-refractivity contribution < 1.29 is 22.5 Å². The number of rotatable bonds is 5. The summed E-state index contributed by atoms with van der Waals surface area (Å²) in [5.74, 6) is -0.132. The van der Waals surface area contributed by atoms with Crippen LogP contribution in [0.2, 0.25) is 0 Å². The lowest BCUT2D eigenvalue weighted by Crippen LogP contribution is -2.29. The van der Waals surface area contributed by atoms with E-state index in [0.717, 1.165) is 6.07 Å². The van der Waals surface area contributed by atoms with Crippen LogP contribution in [0.25, 0.3) is 17.2 Å². The van der Waals surface area contributed by atoms with E-state index in [1.165, 1.54) is 16.9 Å². The summed E-state index contributed by atoms with van der Waals surface area (Å²) in [6.45, 7) is 1.58. The van der Waals surface area contributed by atoms with Crippen molar-refractivity contribution in [2.75, 3.05) is 5.43 Å². The summed E-state index contributed by atoms with van der Waals surface area (Å²) in [5.41, 5.74) is 5.23. The van der Waals surface area contributed by atoms with E-state index >= 15 is 0 Å². The Labute approximate surface area is 172 Å². The lowest BCUT2D eigenvalue weighted by atomic mass is 10.2. The molecule has 0 aliphatic carbocycles. The Kier molecular flexibility index (Phi) is 5.07. The number of hydrogen-bond donors (Lipinski definition) is 2. The first-order chi connectivity index (χ1) is 14.8. The molecule has 13 heteroatoms. The molecule has 158 valence electrons. The first kappa shape index (κ1) is 20.0. The highest BCUT2D eigenvalue weighted by Crippen LogP contribution is 2.28. The van der Waals surface area contributed by atoms with Gasteiger partial charge in [0.1, 0.15) is 0 Å². The molecule has 0 atom stereocenters. The van der Waals surface area contributed by atoms with E-state index in [1.54, 1.807) is 31.5 Å². The molecular weight excluding hydrogens is 417 g/mol. The quantitative estimate of drug-likeness (QED) is 0.463. The largest absolute Gasteiger partial charge is 0.417 e. The van der Waals surface area contributed by atoms with Gasteiger partial charge in [-0.1, -0.05) is 5.16 Å². The molecule has 0 radical (unpaired) electrons. The average molecular weight is 430 g/mol. The molecule has 0 aliphatic heterocycles. The smallest absolute Gasteiger partial charge is 0.313 e. The zero-order chi connectivity index (χ0) is 22.0. The van der Waals surface area contributed by atoms with Gasteiger partial charge in [0.2, 0.25) is 5.82 Å². The van der Waals surface area contributed by atoms with E-state index in [-0.39, 0.29) is 17.4 Å².